The normalized spacial score (nSPS) is 15.0. The van der Waals surface area contributed by atoms with Crippen LogP contribution in [0.3, 0.4) is 0 Å². The Morgan fingerprint density at radius 2 is 1.86 bits per heavy atom. The van der Waals surface area contributed by atoms with E-state index in [1.54, 1.807) is 11.3 Å². The third-order valence-electron chi connectivity index (χ3n) is 4.18. The van der Waals surface area contributed by atoms with Gasteiger partial charge in [-0.05, 0) is 55.7 Å². The van der Waals surface area contributed by atoms with Gasteiger partial charge in [-0.3, -0.25) is 0 Å². The summed E-state index contributed by atoms with van der Waals surface area (Å²) in [6.45, 7) is 4.60. The third kappa shape index (κ3) is 2.32. The Morgan fingerprint density at radius 1 is 1.05 bits per heavy atom. The lowest BCUT2D eigenvalue weighted by Gasteiger charge is -2.20. The lowest BCUT2D eigenvalue weighted by Crippen LogP contribution is -2.18. The molecule has 2 nitrogen and oxygen atoms in total. The summed E-state index contributed by atoms with van der Waals surface area (Å²) in [6.07, 6.45) is 2.64. The minimum absolute atomic E-state index is 1.10. The summed E-state index contributed by atoms with van der Waals surface area (Å²) < 4.78 is 1.26. The van der Waals surface area contributed by atoms with E-state index >= 15 is 0 Å². The molecule has 0 aliphatic carbocycles. The van der Waals surface area contributed by atoms with E-state index < -0.39 is 0 Å². The van der Waals surface area contributed by atoms with Crippen molar-refractivity contribution in [2.75, 3.05) is 18.0 Å². The third-order valence-corrected chi connectivity index (χ3v) is 5.27. The molecule has 0 spiro atoms. The van der Waals surface area contributed by atoms with E-state index in [-0.39, 0.29) is 0 Å². The topological polar surface area (TPSA) is 16.1 Å². The SMILES string of the molecule is Cc1cc(-c2nc3ccccc3s2)ccc1N1CCCC1. The monoisotopic (exact) mass is 294 g/mol. The number of anilines is 1. The number of hydrogen-bond donors (Lipinski definition) is 0. The van der Waals surface area contributed by atoms with Crippen LogP contribution in [-0.2, 0) is 0 Å². The van der Waals surface area contributed by atoms with Crippen molar-refractivity contribution >= 4 is 27.2 Å². The molecule has 0 radical (unpaired) electrons. The van der Waals surface area contributed by atoms with E-state index in [1.807, 2.05) is 6.07 Å². The molecular formula is C18H18N2S. The second-order valence-corrected chi connectivity index (χ2v) is 6.71. The number of aryl methyl sites for hydroxylation is 1. The van der Waals surface area contributed by atoms with Crippen molar-refractivity contribution in [2.24, 2.45) is 0 Å². The standard InChI is InChI=1S/C18H18N2S/c1-13-12-14(8-9-16(13)20-10-4-5-11-20)18-19-15-6-2-3-7-17(15)21-18/h2-3,6-9,12H,4-5,10-11H2,1H3. The Bertz CT molecular complexity index is 752. The van der Waals surface area contributed by atoms with Crippen molar-refractivity contribution in [3.05, 3.63) is 48.0 Å². The number of hydrogen-bond acceptors (Lipinski definition) is 3. The summed E-state index contributed by atoms with van der Waals surface area (Å²) in [6, 6.07) is 15.1. The molecule has 0 bridgehead atoms. The van der Waals surface area contributed by atoms with Gasteiger partial charge in [0.25, 0.3) is 0 Å². The van der Waals surface area contributed by atoms with E-state index in [9.17, 15) is 0 Å². The van der Waals surface area contributed by atoms with Crippen molar-refractivity contribution in [2.45, 2.75) is 19.8 Å². The van der Waals surface area contributed by atoms with Crippen LogP contribution in [0.2, 0.25) is 0 Å². The maximum absolute atomic E-state index is 4.76. The van der Waals surface area contributed by atoms with Crippen molar-refractivity contribution in [1.29, 1.82) is 0 Å². The average molecular weight is 294 g/mol. The summed E-state index contributed by atoms with van der Waals surface area (Å²) in [4.78, 5) is 7.25. The largest absolute Gasteiger partial charge is 0.371 e. The predicted octanol–water partition coefficient (Wildman–Crippen LogP) is 4.87. The van der Waals surface area contributed by atoms with Gasteiger partial charge in [0.15, 0.2) is 0 Å². The Morgan fingerprint density at radius 3 is 2.62 bits per heavy atom. The fourth-order valence-corrected chi connectivity index (χ4v) is 4.06. The summed E-state index contributed by atoms with van der Waals surface area (Å²) in [5.74, 6) is 0. The van der Waals surface area contributed by atoms with Gasteiger partial charge < -0.3 is 4.90 Å². The summed E-state index contributed by atoms with van der Waals surface area (Å²) >= 11 is 1.77. The van der Waals surface area contributed by atoms with Gasteiger partial charge in [0.2, 0.25) is 0 Å². The number of para-hydroxylation sites is 1. The molecule has 0 atom stereocenters. The fourth-order valence-electron chi connectivity index (χ4n) is 3.10. The first-order valence-corrected chi connectivity index (χ1v) is 8.34. The van der Waals surface area contributed by atoms with Crippen molar-refractivity contribution in [1.82, 2.24) is 4.98 Å². The summed E-state index contributed by atoms with van der Waals surface area (Å²) in [5, 5.41) is 1.12. The van der Waals surface area contributed by atoms with Crippen LogP contribution >= 0.6 is 11.3 Å². The second-order valence-electron chi connectivity index (χ2n) is 5.68. The summed E-state index contributed by atoms with van der Waals surface area (Å²) in [7, 11) is 0. The van der Waals surface area contributed by atoms with Gasteiger partial charge in [-0.1, -0.05) is 12.1 Å². The summed E-state index contributed by atoms with van der Waals surface area (Å²) in [5.41, 5.74) is 5.07. The Kier molecular flexibility index (Phi) is 3.15. The predicted molar refractivity (Wildman–Crippen MR) is 91.2 cm³/mol. The van der Waals surface area contributed by atoms with Crippen LogP contribution in [0.15, 0.2) is 42.5 Å². The van der Waals surface area contributed by atoms with Crippen LogP contribution in [0.4, 0.5) is 5.69 Å². The molecule has 106 valence electrons. The molecule has 1 aliphatic heterocycles. The van der Waals surface area contributed by atoms with Crippen LogP contribution < -0.4 is 4.90 Å². The molecule has 0 saturated carbocycles. The maximum Gasteiger partial charge on any atom is 0.124 e. The van der Waals surface area contributed by atoms with Crippen LogP contribution in [0.25, 0.3) is 20.8 Å². The van der Waals surface area contributed by atoms with E-state index in [0.717, 1.165) is 10.5 Å². The van der Waals surface area contributed by atoms with Gasteiger partial charge in [-0.25, -0.2) is 4.98 Å². The van der Waals surface area contributed by atoms with Crippen LogP contribution in [-0.4, -0.2) is 18.1 Å². The Labute approximate surface area is 129 Å². The lowest BCUT2D eigenvalue weighted by molar-refractivity contribution is 0.949. The highest BCUT2D eigenvalue weighted by molar-refractivity contribution is 7.21. The van der Waals surface area contributed by atoms with Gasteiger partial charge in [0.05, 0.1) is 10.2 Å². The molecule has 3 heteroatoms. The van der Waals surface area contributed by atoms with Crippen LogP contribution in [0.1, 0.15) is 18.4 Å². The molecule has 0 amide bonds. The minimum atomic E-state index is 1.10. The zero-order valence-corrected chi connectivity index (χ0v) is 13.0. The first-order valence-electron chi connectivity index (χ1n) is 7.53. The van der Waals surface area contributed by atoms with E-state index in [1.165, 1.54) is 47.4 Å². The zero-order valence-electron chi connectivity index (χ0n) is 12.2. The van der Waals surface area contributed by atoms with E-state index in [2.05, 4.69) is 48.2 Å². The van der Waals surface area contributed by atoms with Crippen molar-refractivity contribution in [3.8, 4) is 10.6 Å². The van der Waals surface area contributed by atoms with E-state index in [4.69, 9.17) is 4.98 Å². The highest BCUT2D eigenvalue weighted by Gasteiger charge is 2.15. The molecule has 2 heterocycles. The molecule has 0 N–H and O–H groups in total. The number of nitrogens with zero attached hydrogens (tertiary/aromatic N) is 2. The molecule has 1 saturated heterocycles. The van der Waals surface area contributed by atoms with Gasteiger partial charge in [0, 0.05) is 24.3 Å². The van der Waals surface area contributed by atoms with Gasteiger partial charge in [-0.2, -0.15) is 0 Å². The van der Waals surface area contributed by atoms with E-state index in [0.29, 0.717) is 0 Å². The zero-order chi connectivity index (χ0) is 14.2. The molecular weight excluding hydrogens is 276 g/mol. The highest BCUT2D eigenvalue weighted by atomic mass is 32.1. The molecule has 1 aliphatic rings. The van der Waals surface area contributed by atoms with Gasteiger partial charge in [0.1, 0.15) is 5.01 Å². The molecule has 21 heavy (non-hydrogen) atoms. The number of rotatable bonds is 2. The molecule has 3 aromatic rings. The molecule has 1 aromatic heterocycles. The average Bonchev–Trinajstić information content (AvgIpc) is 3.16. The van der Waals surface area contributed by atoms with Crippen molar-refractivity contribution in [3.63, 3.8) is 0 Å². The number of aromatic nitrogens is 1. The Hall–Kier alpha value is -1.87. The minimum Gasteiger partial charge on any atom is -0.371 e. The lowest BCUT2D eigenvalue weighted by atomic mass is 10.1. The first-order chi connectivity index (χ1) is 10.3. The smallest absolute Gasteiger partial charge is 0.124 e. The number of thiazole rings is 1. The van der Waals surface area contributed by atoms with Gasteiger partial charge in [-0.15, -0.1) is 11.3 Å². The molecule has 1 fully saturated rings. The van der Waals surface area contributed by atoms with Crippen molar-refractivity contribution < 1.29 is 0 Å². The molecule has 2 aromatic carbocycles. The van der Waals surface area contributed by atoms with Gasteiger partial charge >= 0.3 is 0 Å². The quantitative estimate of drug-likeness (QED) is 0.670. The molecule has 4 rings (SSSR count). The van der Waals surface area contributed by atoms with Crippen LogP contribution in [0, 0.1) is 6.92 Å². The first kappa shape index (κ1) is 12.8. The van der Waals surface area contributed by atoms with Crippen LogP contribution in [0.5, 0.6) is 0 Å². The fraction of sp³-hybridized carbons (Fsp3) is 0.278. The Balaban J connectivity index is 1.73. The highest BCUT2D eigenvalue weighted by Crippen LogP contribution is 2.33. The second kappa shape index (κ2) is 5.15. The number of fused-ring (bicyclic) bond motifs is 1. The molecule has 0 unspecified atom stereocenters. The maximum atomic E-state index is 4.76. The number of benzene rings is 2.